The van der Waals surface area contributed by atoms with Gasteiger partial charge in [0.25, 0.3) is 0 Å². The number of methoxy groups -OCH3 is 1. The average molecular weight is 253 g/mol. The molecule has 0 radical (unpaired) electrons. The molecular weight excluding hydrogens is 230 g/mol. The molecule has 1 aliphatic carbocycles. The number of carbonyl (C=O) groups excluding carboxylic acids is 1. The lowest BCUT2D eigenvalue weighted by atomic mass is 9.71. The van der Waals surface area contributed by atoms with Crippen molar-refractivity contribution in [3.8, 4) is 0 Å². The molecule has 18 heavy (non-hydrogen) atoms. The molecule has 3 N–H and O–H groups in total. The van der Waals surface area contributed by atoms with Crippen LogP contribution in [0.25, 0.3) is 0 Å². The fraction of sp³-hybridized carbons (Fsp3) is 0.923. The number of amides is 1. The van der Waals surface area contributed by atoms with E-state index in [1.807, 2.05) is 0 Å². The molecule has 0 aromatic heterocycles. The molecule has 3 fully saturated rings. The highest BCUT2D eigenvalue weighted by molar-refractivity contribution is 5.80. The Balaban J connectivity index is 1.74. The average Bonchev–Trinajstić information content (AvgIpc) is 2.60. The first-order chi connectivity index (χ1) is 8.79. The van der Waals surface area contributed by atoms with Gasteiger partial charge in [-0.1, -0.05) is 0 Å². The summed E-state index contributed by atoms with van der Waals surface area (Å²) in [6, 6.07) is 0.847. The Morgan fingerprint density at radius 3 is 2.94 bits per heavy atom. The molecule has 1 saturated carbocycles. The highest BCUT2D eigenvalue weighted by Crippen LogP contribution is 2.34. The monoisotopic (exact) mass is 253 g/mol. The molecule has 5 nitrogen and oxygen atoms in total. The van der Waals surface area contributed by atoms with E-state index in [-0.39, 0.29) is 11.8 Å². The maximum Gasteiger partial charge on any atom is 0.226 e. The lowest BCUT2D eigenvalue weighted by molar-refractivity contribution is -0.127. The second-order valence-corrected chi connectivity index (χ2v) is 5.73. The zero-order valence-electron chi connectivity index (χ0n) is 10.9. The van der Waals surface area contributed by atoms with E-state index in [9.17, 15) is 4.79 Å². The summed E-state index contributed by atoms with van der Waals surface area (Å²) in [7, 11) is 1.80. The van der Waals surface area contributed by atoms with Gasteiger partial charge in [-0.2, -0.15) is 0 Å². The second kappa shape index (κ2) is 5.15. The van der Waals surface area contributed by atoms with E-state index in [1.165, 1.54) is 0 Å². The maximum atomic E-state index is 12.0. The van der Waals surface area contributed by atoms with Gasteiger partial charge in [-0.3, -0.25) is 4.79 Å². The molecule has 0 spiro atoms. The van der Waals surface area contributed by atoms with Gasteiger partial charge >= 0.3 is 0 Å². The predicted octanol–water partition coefficient (Wildman–Crippen LogP) is -0.522. The van der Waals surface area contributed by atoms with Gasteiger partial charge in [-0.25, -0.2) is 0 Å². The standard InChI is InChI=1S/C13H23N3O2/c1-18-8-2-3-9-11(6-8)16-7-10-12(9)14-4-5-15-13(10)17/h8-12,14,16H,2-7H2,1H3,(H,15,17). The summed E-state index contributed by atoms with van der Waals surface area (Å²) in [4.78, 5) is 12.0. The fourth-order valence-electron chi connectivity index (χ4n) is 3.84. The minimum absolute atomic E-state index is 0.0906. The summed E-state index contributed by atoms with van der Waals surface area (Å²) in [5.74, 6) is 0.872. The number of fused-ring (bicyclic) bond motifs is 3. The van der Waals surface area contributed by atoms with Crippen LogP contribution in [0.1, 0.15) is 19.3 Å². The van der Waals surface area contributed by atoms with Crippen molar-refractivity contribution < 1.29 is 9.53 Å². The van der Waals surface area contributed by atoms with E-state index in [1.54, 1.807) is 7.11 Å². The smallest absolute Gasteiger partial charge is 0.226 e. The summed E-state index contributed by atoms with van der Waals surface area (Å²) in [6.45, 7) is 2.44. The van der Waals surface area contributed by atoms with E-state index >= 15 is 0 Å². The molecule has 2 saturated heterocycles. The molecule has 2 aliphatic heterocycles. The second-order valence-electron chi connectivity index (χ2n) is 5.73. The molecule has 1 amide bonds. The molecule has 0 bridgehead atoms. The highest BCUT2D eigenvalue weighted by Gasteiger charge is 2.45. The number of rotatable bonds is 1. The van der Waals surface area contributed by atoms with E-state index in [0.717, 1.165) is 38.9 Å². The Hall–Kier alpha value is -0.650. The van der Waals surface area contributed by atoms with Gasteiger partial charge in [-0.15, -0.1) is 0 Å². The van der Waals surface area contributed by atoms with Crippen molar-refractivity contribution in [2.45, 2.75) is 37.5 Å². The minimum Gasteiger partial charge on any atom is -0.381 e. The van der Waals surface area contributed by atoms with Crippen LogP contribution < -0.4 is 16.0 Å². The fourth-order valence-corrected chi connectivity index (χ4v) is 3.84. The van der Waals surface area contributed by atoms with Crippen LogP contribution >= 0.6 is 0 Å². The third kappa shape index (κ3) is 2.15. The number of hydrogen-bond donors (Lipinski definition) is 3. The summed E-state index contributed by atoms with van der Waals surface area (Å²) in [5.41, 5.74) is 0. The van der Waals surface area contributed by atoms with Crippen molar-refractivity contribution in [1.82, 2.24) is 16.0 Å². The number of piperidine rings is 1. The van der Waals surface area contributed by atoms with Gasteiger partial charge in [-0.05, 0) is 25.2 Å². The van der Waals surface area contributed by atoms with Crippen molar-refractivity contribution in [3.05, 3.63) is 0 Å². The van der Waals surface area contributed by atoms with Crippen LogP contribution in [-0.2, 0) is 9.53 Å². The van der Waals surface area contributed by atoms with Crippen LogP contribution in [0, 0.1) is 11.8 Å². The van der Waals surface area contributed by atoms with Crippen LogP contribution in [-0.4, -0.2) is 50.8 Å². The number of carbonyl (C=O) groups is 1. The van der Waals surface area contributed by atoms with E-state index in [0.29, 0.717) is 24.1 Å². The molecule has 2 heterocycles. The summed E-state index contributed by atoms with van der Waals surface area (Å²) in [5, 5.41) is 10.1. The van der Waals surface area contributed by atoms with Crippen LogP contribution in [0.3, 0.4) is 0 Å². The van der Waals surface area contributed by atoms with E-state index < -0.39 is 0 Å². The third-order valence-electron chi connectivity index (χ3n) is 4.82. The Morgan fingerprint density at radius 1 is 1.22 bits per heavy atom. The van der Waals surface area contributed by atoms with Gasteiger partial charge in [0.15, 0.2) is 0 Å². The third-order valence-corrected chi connectivity index (χ3v) is 4.82. The molecule has 0 aromatic carbocycles. The van der Waals surface area contributed by atoms with Crippen LogP contribution in [0.4, 0.5) is 0 Å². The predicted molar refractivity (Wildman–Crippen MR) is 68.2 cm³/mol. The van der Waals surface area contributed by atoms with Crippen molar-refractivity contribution in [1.29, 1.82) is 0 Å². The zero-order valence-corrected chi connectivity index (χ0v) is 10.9. The number of ether oxygens (including phenoxy) is 1. The number of hydrogen-bond acceptors (Lipinski definition) is 4. The van der Waals surface area contributed by atoms with Gasteiger partial charge in [0.05, 0.1) is 12.0 Å². The summed E-state index contributed by atoms with van der Waals surface area (Å²) < 4.78 is 5.48. The first-order valence-corrected chi connectivity index (χ1v) is 7.07. The van der Waals surface area contributed by atoms with E-state index in [4.69, 9.17) is 4.74 Å². The van der Waals surface area contributed by atoms with Crippen molar-refractivity contribution in [2.75, 3.05) is 26.7 Å². The maximum absolute atomic E-state index is 12.0. The lowest BCUT2D eigenvalue weighted by Gasteiger charge is -2.46. The largest absolute Gasteiger partial charge is 0.381 e. The zero-order chi connectivity index (χ0) is 12.5. The first-order valence-electron chi connectivity index (χ1n) is 7.07. The topological polar surface area (TPSA) is 62.4 Å². The Bertz CT molecular complexity index is 323. The van der Waals surface area contributed by atoms with Crippen molar-refractivity contribution in [2.24, 2.45) is 11.8 Å². The van der Waals surface area contributed by atoms with Crippen LogP contribution in [0.15, 0.2) is 0 Å². The Labute approximate surface area is 108 Å². The van der Waals surface area contributed by atoms with Gasteiger partial charge in [0.2, 0.25) is 5.91 Å². The molecule has 102 valence electrons. The van der Waals surface area contributed by atoms with Crippen LogP contribution in [0.2, 0.25) is 0 Å². The number of nitrogens with one attached hydrogen (secondary N) is 3. The molecule has 5 heteroatoms. The Morgan fingerprint density at radius 2 is 2.11 bits per heavy atom. The summed E-state index contributed by atoms with van der Waals surface area (Å²) >= 11 is 0. The lowest BCUT2D eigenvalue weighted by Crippen LogP contribution is -2.62. The van der Waals surface area contributed by atoms with Gasteiger partial charge in [0, 0.05) is 38.8 Å². The quantitative estimate of drug-likeness (QED) is 0.588. The molecule has 3 aliphatic rings. The molecule has 3 rings (SSSR count). The Kier molecular flexibility index (Phi) is 3.54. The van der Waals surface area contributed by atoms with Crippen molar-refractivity contribution >= 4 is 5.91 Å². The SMILES string of the molecule is COC1CCC2C(C1)NCC1C(=O)NCCNC12. The molecular formula is C13H23N3O2. The normalized spacial score (nSPS) is 44.5. The summed E-state index contributed by atoms with van der Waals surface area (Å²) in [6.07, 6.45) is 3.73. The van der Waals surface area contributed by atoms with E-state index in [2.05, 4.69) is 16.0 Å². The molecule has 5 atom stereocenters. The highest BCUT2D eigenvalue weighted by atomic mass is 16.5. The van der Waals surface area contributed by atoms with Gasteiger partial charge < -0.3 is 20.7 Å². The van der Waals surface area contributed by atoms with Crippen molar-refractivity contribution in [3.63, 3.8) is 0 Å². The van der Waals surface area contributed by atoms with Crippen LogP contribution in [0.5, 0.6) is 0 Å². The molecule has 0 aromatic rings. The van der Waals surface area contributed by atoms with Gasteiger partial charge in [0.1, 0.15) is 0 Å². The minimum atomic E-state index is 0.0906. The first kappa shape index (κ1) is 12.4. The molecule has 5 unspecified atom stereocenters.